The van der Waals surface area contributed by atoms with E-state index >= 15 is 0 Å². The topological polar surface area (TPSA) is 92.9 Å². The largest absolute Gasteiger partial charge is 0.394 e. The molecule has 0 saturated carbocycles. The van der Waals surface area contributed by atoms with Crippen molar-refractivity contribution in [1.82, 2.24) is 4.90 Å². The minimum absolute atomic E-state index is 0.0575. The molecule has 2 unspecified atom stereocenters. The van der Waals surface area contributed by atoms with Crippen LogP contribution >= 0.6 is 11.6 Å². The van der Waals surface area contributed by atoms with Crippen LogP contribution in [-0.4, -0.2) is 52.7 Å². The lowest BCUT2D eigenvalue weighted by molar-refractivity contribution is -0.385. The summed E-state index contributed by atoms with van der Waals surface area (Å²) in [5.41, 5.74) is -0.346. The first-order valence-electron chi connectivity index (χ1n) is 6.41. The molecule has 0 aliphatic carbocycles. The number of carbonyl (C=O) groups is 1. The molecule has 114 valence electrons. The Morgan fingerprint density at radius 2 is 2.33 bits per heavy atom. The second-order valence-electron chi connectivity index (χ2n) is 4.86. The Kier molecular flexibility index (Phi) is 4.76. The number of nitrogens with zero attached hydrogens (tertiary/aromatic N) is 2. The molecule has 21 heavy (non-hydrogen) atoms. The van der Waals surface area contributed by atoms with Gasteiger partial charge in [-0.1, -0.05) is 11.6 Å². The van der Waals surface area contributed by atoms with Crippen LogP contribution in [0.5, 0.6) is 0 Å². The van der Waals surface area contributed by atoms with E-state index in [1.165, 1.54) is 23.1 Å². The maximum Gasteiger partial charge on any atom is 0.282 e. The Bertz CT molecular complexity index is 565. The molecule has 1 aliphatic heterocycles. The molecule has 1 fully saturated rings. The SMILES string of the molecule is CC1COC(CO)CN1C(=O)c1cc(Cl)ccc1[N+](=O)[O-]. The molecule has 1 amide bonds. The second-order valence-corrected chi connectivity index (χ2v) is 5.30. The number of nitro benzene ring substituents is 1. The molecule has 0 spiro atoms. The molecule has 0 radical (unpaired) electrons. The number of aliphatic hydroxyl groups is 1. The lowest BCUT2D eigenvalue weighted by Gasteiger charge is -2.37. The van der Waals surface area contributed by atoms with Crippen LogP contribution in [-0.2, 0) is 4.74 Å². The highest BCUT2D eigenvalue weighted by molar-refractivity contribution is 6.31. The summed E-state index contributed by atoms with van der Waals surface area (Å²) in [4.78, 5) is 24.5. The van der Waals surface area contributed by atoms with Crippen molar-refractivity contribution in [3.05, 3.63) is 38.9 Å². The van der Waals surface area contributed by atoms with Crippen molar-refractivity contribution in [2.24, 2.45) is 0 Å². The van der Waals surface area contributed by atoms with Crippen LogP contribution in [0.3, 0.4) is 0 Å². The van der Waals surface area contributed by atoms with E-state index in [1.54, 1.807) is 6.92 Å². The Morgan fingerprint density at radius 1 is 1.62 bits per heavy atom. The maximum atomic E-state index is 12.6. The van der Waals surface area contributed by atoms with Crippen LogP contribution in [0.1, 0.15) is 17.3 Å². The zero-order valence-electron chi connectivity index (χ0n) is 11.4. The first kappa shape index (κ1) is 15.7. The maximum absolute atomic E-state index is 12.6. The van der Waals surface area contributed by atoms with E-state index in [0.29, 0.717) is 0 Å². The van der Waals surface area contributed by atoms with Gasteiger partial charge in [0.2, 0.25) is 0 Å². The molecule has 1 N–H and O–H groups in total. The van der Waals surface area contributed by atoms with E-state index in [0.717, 1.165) is 0 Å². The van der Waals surface area contributed by atoms with Gasteiger partial charge >= 0.3 is 0 Å². The number of benzene rings is 1. The van der Waals surface area contributed by atoms with Crippen molar-refractivity contribution >= 4 is 23.2 Å². The van der Waals surface area contributed by atoms with Crippen LogP contribution in [0.4, 0.5) is 5.69 Å². The summed E-state index contributed by atoms with van der Waals surface area (Å²) in [6, 6.07) is 3.64. The molecule has 8 heteroatoms. The van der Waals surface area contributed by atoms with Crippen molar-refractivity contribution in [3.8, 4) is 0 Å². The van der Waals surface area contributed by atoms with Gasteiger partial charge in [0.15, 0.2) is 0 Å². The Balaban J connectivity index is 2.34. The van der Waals surface area contributed by atoms with Gasteiger partial charge in [-0.25, -0.2) is 0 Å². The van der Waals surface area contributed by atoms with E-state index in [9.17, 15) is 14.9 Å². The number of carbonyl (C=O) groups excluding carboxylic acids is 1. The van der Waals surface area contributed by atoms with Gasteiger partial charge in [-0.15, -0.1) is 0 Å². The monoisotopic (exact) mass is 314 g/mol. The average Bonchev–Trinajstić information content (AvgIpc) is 2.46. The standard InChI is InChI=1S/C13H15ClN2O5/c1-8-7-21-10(6-17)5-15(8)13(18)11-4-9(14)2-3-12(11)16(19)20/h2-4,8,10,17H,5-7H2,1H3. The van der Waals surface area contributed by atoms with Crippen molar-refractivity contribution in [2.45, 2.75) is 19.1 Å². The van der Waals surface area contributed by atoms with Gasteiger partial charge in [-0.3, -0.25) is 14.9 Å². The first-order valence-corrected chi connectivity index (χ1v) is 6.79. The zero-order valence-corrected chi connectivity index (χ0v) is 12.1. The number of nitro groups is 1. The van der Waals surface area contributed by atoms with Crippen LogP contribution in [0.15, 0.2) is 18.2 Å². The molecule has 0 aromatic heterocycles. The van der Waals surface area contributed by atoms with E-state index in [1.807, 2.05) is 0 Å². The number of rotatable bonds is 3. The Hall–Kier alpha value is -1.70. The van der Waals surface area contributed by atoms with Gasteiger partial charge < -0.3 is 14.7 Å². The van der Waals surface area contributed by atoms with Crippen molar-refractivity contribution in [3.63, 3.8) is 0 Å². The molecule has 1 aliphatic rings. The number of hydrogen-bond acceptors (Lipinski definition) is 5. The lowest BCUT2D eigenvalue weighted by Crippen LogP contribution is -2.52. The first-order chi connectivity index (χ1) is 9.93. The summed E-state index contributed by atoms with van der Waals surface area (Å²) < 4.78 is 5.35. The summed E-state index contributed by atoms with van der Waals surface area (Å²) in [7, 11) is 0. The van der Waals surface area contributed by atoms with Crippen LogP contribution in [0, 0.1) is 10.1 Å². The van der Waals surface area contributed by atoms with Crippen molar-refractivity contribution in [1.29, 1.82) is 0 Å². The smallest absolute Gasteiger partial charge is 0.282 e. The minimum Gasteiger partial charge on any atom is -0.394 e. The predicted octanol–water partition coefficient (Wildman–Crippen LogP) is 1.47. The number of halogens is 1. The van der Waals surface area contributed by atoms with E-state index in [-0.39, 0.29) is 42.1 Å². The second kappa shape index (κ2) is 6.38. The third-order valence-electron chi connectivity index (χ3n) is 3.36. The van der Waals surface area contributed by atoms with Gasteiger partial charge in [-0.05, 0) is 19.1 Å². The molecule has 1 heterocycles. The van der Waals surface area contributed by atoms with Crippen molar-refractivity contribution < 1.29 is 19.6 Å². The van der Waals surface area contributed by atoms with Crippen LogP contribution < -0.4 is 0 Å². The molecule has 7 nitrogen and oxygen atoms in total. The number of hydrogen-bond donors (Lipinski definition) is 1. The average molecular weight is 315 g/mol. The highest BCUT2D eigenvalue weighted by atomic mass is 35.5. The van der Waals surface area contributed by atoms with Gasteiger partial charge in [0.1, 0.15) is 5.56 Å². The lowest BCUT2D eigenvalue weighted by atomic mass is 10.1. The van der Waals surface area contributed by atoms with Crippen molar-refractivity contribution in [2.75, 3.05) is 19.8 Å². The molecule has 2 rings (SSSR count). The van der Waals surface area contributed by atoms with Crippen LogP contribution in [0.25, 0.3) is 0 Å². The highest BCUT2D eigenvalue weighted by Gasteiger charge is 2.33. The third kappa shape index (κ3) is 3.31. The number of aliphatic hydroxyl groups excluding tert-OH is 1. The fourth-order valence-corrected chi connectivity index (χ4v) is 2.38. The van der Waals surface area contributed by atoms with E-state index in [4.69, 9.17) is 21.4 Å². The fraction of sp³-hybridized carbons (Fsp3) is 0.462. The predicted molar refractivity (Wildman–Crippen MR) is 75.4 cm³/mol. The van der Waals surface area contributed by atoms with Gasteiger partial charge in [0, 0.05) is 17.6 Å². The summed E-state index contributed by atoms with van der Waals surface area (Å²) in [5, 5.41) is 20.4. The number of morpholine rings is 1. The highest BCUT2D eigenvalue weighted by Crippen LogP contribution is 2.26. The van der Waals surface area contributed by atoms with Gasteiger partial charge in [0.25, 0.3) is 11.6 Å². The summed E-state index contributed by atoms with van der Waals surface area (Å²) in [6.07, 6.45) is -0.483. The minimum atomic E-state index is -0.613. The van der Waals surface area contributed by atoms with Gasteiger partial charge in [-0.2, -0.15) is 0 Å². The van der Waals surface area contributed by atoms with Gasteiger partial charge in [0.05, 0.1) is 30.3 Å². The van der Waals surface area contributed by atoms with E-state index in [2.05, 4.69) is 0 Å². The molecule has 1 aromatic rings. The summed E-state index contributed by atoms with van der Waals surface area (Å²) in [5.74, 6) is -0.488. The van der Waals surface area contributed by atoms with E-state index < -0.39 is 16.9 Å². The fourth-order valence-electron chi connectivity index (χ4n) is 2.20. The Labute approximate surface area is 126 Å². The molecule has 2 atom stereocenters. The Morgan fingerprint density at radius 3 is 2.95 bits per heavy atom. The van der Waals surface area contributed by atoms with Crippen LogP contribution in [0.2, 0.25) is 5.02 Å². The quantitative estimate of drug-likeness (QED) is 0.673. The number of amides is 1. The number of ether oxygens (including phenoxy) is 1. The summed E-state index contributed by atoms with van der Waals surface area (Å²) in [6.45, 7) is 2.02. The summed E-state index contributed by atoms with van der Waals surface area (Å²) >= 11 is 5.84. The molecular formula is C13H15ClN2O5. The zero-order chi connectivity index (χ0) is 15.6. The third-order valence-corrected chi connectivity index (χ3v) is 3.59. The molecule has 1 saturated heterocycles. The molecular weight excluding hydrogens is 300 g/mol. The molecule has 0 bridgehead atoms. The normalized spacial score (nSPS) is 22.1. The molecule has 1 aromatic carbocycles.